The highest BCUT2D eigenvalue weighted by atomic mass is 79.9. The van der Waals surface area contributed by atoms with E-state index < -0.39 is 0 Å². The van der Waals surface area contributed by atoms with Crippen molar-refractivity contribution in [2.24, 2.45) is 5.92 Å². The first kappa shape index (κ1) is 11.6. The molecule has 2 heterocycles. The van der Waals surface area contributed by atoms with Crippen molar-refractivity contribution in [3.63, 3.8) is 0 Å². The van der Waals surface area contributed by atoms with Crippen molar-refractivity contribution in [2.75, 3.05) is 25.1 Å². The van der Waals surface area contributed by atoms with Crippen molar-refractivity contribution in [1.82, 2.24) is 9.97 Å². The van der Waals surface area contributed by atoms with Crippen molar-refractivity contribution >= 4 is 21.9 Å². The molecule has 4 nitrogen and oxygen atoms in total. The molecule has 0 spiro atoms. The molecule has 5 heteroatoms. The van der Waals surface area contributed by atoms with Gasteiger partial charge in [-0.05, 0) is 12.3 Å². The summed E-state index contributed by atoms with van der Waals surface area (Å²) in [4.78, 5) is 11.5. The van der Waals surface area contributed by atoms with Gasteiger partial charge in [0.15, 0.2) is 0 Å². The highest BCUT2D eigenvalue weighted by molar-refractivity contribution is 9.09. The predicted molar refractivity (Wildman–Crippen MR) is 67.3 cm³/mol. The monoisotopic (exact) mass is 285 g/mol. The van der Waals surface area contributed by atoms with Gasteiger partial charge in [0, 0.05) is 30.2 Å². The summed E-state index contributed by atoms with van der Waals surface area (Å²) in [5.74, 6) is 2.01. The van der Waals surface area contributed by atoms with E-state index >= 15 is 0 Å². The average Bonchev–Trinajstić information content (AvgIpc) is 2.33. The molecule has 1 aliphatic rings. The molecule has 2 atom stereocenters. The van der Waals surface area contributed by atoms with E-state index in [9.17, 15) is 0 Å². The third-order valence-corrected chi connectivity index (χ3v) is 4.27. The first-order chi connectivity index (χ1) is 7.70. The van der Waals surface area contributed by atoms with E-state index in [1.807, 2.05) is 0 Å². The minimum Gasteiger partial charge on any atom is -0.481 e. The Labute approximate surface area is 104 Å². The van der Waals surface area contributed by atoms with Crippen LogP contribution < -0.4 is 9.64 Å². The number of rotatable bonds is 2. The fourth-order valence-electron chi connectivity index (χ4n) is 1.90. The number of anilines is 1. The molecule has 1 fully saturated rings. The second-order valence-electron chi connectivity index (χ2n) is 4.13. The topological polar surface area (TPSA) is 38.2 Å². The standard InChI is InChI=1S/C11H16BrN3O/c1-8-7-15(6-4-9(8)12)11-13-5-3-10(14-11)16-2/h3,5,8-9H,4,6-7H2,1-2H3. The molecule has 0 aliphatic carbocycles. The predicted octanol–water partition coefficient (Wildman–Crippen LogP) is 2.09. The van der Waals surface area contributed by atoms with Crippen molar-refractivity contribution in [3.05, 3.63) is 12.3 Å². The van der Waals surface area contributed by atoms with Crippen LogP contribution in [0.2, 0.25) is 0 Å². The maximum absolute atomic E-state index is 5.11. The van der Waals surface area contributed by atoms with Gasteiger partial charge in [0.25, 0.3) is 0 Å². The number of hydrogen-bond donors (Lipinski definition) is 0. The summed E-state index contributed by atoms with van der Waals surface area (Å²) in [6.07, 6.45) is 2.87. The molecule has 0 radical (unpaired) electrons. The van der Waals surface area contributed by atoms with Crippen LogP contribution in [0.1, 0.15) is 13.3 Å². The van der Waals surface area contributed by atoms with Crippen LogP contribution in [0.15, 0.2) is 12.3 Å². The Morgan fingerprint density at radius 3 is 3.06 bits per heavy atom. The Kier molecular flexibility index (Phi) is 3.63. The average molecular weight is 286 g/mol. The smallest absolute Gasteiger partial charge is 0.228 e. The summed E-state index contributed by atoms with van der Waals surface area (Å²) in [5, 5.41) is 0. The second-order valence-corrected chi connectivity index (χ2v) is 5.30. The Balaban J connectivity index is 2.12. The van der Waals surface area contributed by atoms with Crippen molar-refractivity contribution in [1.29, 1.82) is 0 Å². The third kappa shape index (κ3) is 2.45. The van der Waals surface area contributed by atoms with Crippen LogP contribution in [0.25, 0.3) is 0 Å². The van der Waals surface area contributed by atoms with Gasteiger partial charge in [0.05, 0.1) is 7.11 Å². The number of hydrogen-bond acceptors (Lipinski definition) is 4. The van der Waals surface area contributed by atoms with Crippen molar-refractivity contribution in [2.45, 2.75) is 18.2 Å². The second kappa shape index (κ2) is 4.99. The first-order valence-electron chi connectivity index (χ1n) is 5.46. The lowest BCUT2D eigenvalue weighted by Crippen LogP contribution is -2.40. The van der Waals surface area contributed by atoms with Gasteiger partial charge in [-0.15, -0.1) is 0 Å². The molecule has 0 aromatic carbocycles. The largest absolute Gasteiger partial charge is 0.481 e. The van der Waals surface area contributed by atoms with Crippen LogP contribution in [0, 0.1) is 5.92 Å². The van der Waals surface area contributed by atoms with Crippen LogP contribution in [-0.4, -0.2) is 35.0 Å². The lowest BCUT2D eigenvalue weighted by atomic mass is 10.0. The highest BCUT2D eigenvalue weighted by Crippen LogP contribution is 2.26. The summed E-state index contributed by atoms with van der Waals surface area (Å²) < 4.78 is 5.11. The molecule has 2 rings (SSSR count). The quantitative estimate of drug-likeness (QED) is 0.780. The normalized spacial score (nSPS) is 25.6. The number of ether oxygens (including phenoxy) is 1. The van der Waals surface area contributed by atoms with Gasteiger partial charge in [-0.3, -0.25) is 0 Å². The van der Waals surface area contributed by atoms with E-state index in [0.717, 1.165) is 25.5 Å². The fourth-order valence-corrected chi connectivity index (χ4v) is 2.27. The van der Waals surface area contributed by atoms with Gasteiger partial charge >= 0.3 is 0 Å². The Bertz CT molecular complexity index is 361. The van der Waals surface area contributed by atoms with Gasteiger partial charge in [-0.25, -0.2) is 4.98 Å². The maximum atomic E-state index is 5.11. The van der Waals surface area contributed by atoms with E-state index in [2.05, 4.69) is 37.7 Å². The van der Waals surface area contributed by atoms with E-state index in [4.69, 9.17) is 4.74 Å². The highest BCUT2D eigenvalue weighted by Gasteiger charge is 2.25. The molecule has 0 N–H and O–H groups in total. The Hall–Kier alpha value is -0.840. The molecule has 0 bridgehead atoms. The Morgan fingerprint density at radius 1 is 1.56 bits per heavy atom. The van der Waals surface area contributed by atoms with Crippen LogP contribution in [0.5, 0.6) is 5.88 Å². The molecule has 2 unspecified atom stereocenters. The molecule has 16 heavy (non-hydrogen) atoms. The number of nitrogens with zero attached hydrogens (tertiary/aromatic N) is 3. The van der Waals surface area contributed by atoms with E-state index in [1.54, 1.807) is 19.4 Å². The lowest BCUT2D eigenvalue weighted by Gasteiger charge is -2.34. The number of methoxy groups -OCH3 is 1. The number of alkyl halides is 1. The lowest BCUT2D eigenvalue weighted by molar-refractivity contribution is 0.394. The van der Waals surface area contributed by atoms with Gasteiger partial charge in [0.2, 0.25) is 11.8 Å². The van der Waals surface area contributed by atoms with Crippen LogP contribution >= 0.6 is 15.9 Å². The molecular weight excluding hydrogens is 270 g/mol. The van der Waals surface area contributed by atoms with Crippen molar-refractivity contribution in [3.8, 4) is 5.88 Å². The molecule has 1 aromatic heterocycles. The molecule has 0 amide bonds. The first-order valence-corrected chi connectivity index (χ1v) is 6.38. The van der Waals surface area contributed by atoms with Crippen LogP contribution in [0.3, 0.4) is 0 Å². The molecule has 1 aliphatic heterocycles. The maximum Gasteiger partial charge on any atom is 0.228 e. The number of piperidine rings is 1. The SMILES string of the molecule is COc1ccnc(N2CCC(Br)C(C)C2)n1. The van der Waals surface area contributed by atoms with Gasteiger partial charge in [0.1, 0.15) is 0 Å². The Morgan fingerprint density at radius 2 is 2.38 bits per heavy atom. The van der Waals surface area contributed by atoms with Gasteiger partial charge in [-0.2, -0.15) is 4.98 Å². The van der Waals surface area contributed by atoms with Crippen molar-refractivity contribution < 1.29 is 4.74 Å². The summed E-state index contributed by atoms with van der Waals surface area (Å²) in [6, 6.07) is 1.77. The van der Waals surface area contributed by atoms with E-state index in [1.165, 1.54) is 0 Å². The molecule has 0 saturated carbocycles. The van der Waals surface area contributed by atoms with Crippen LogP contribution in [0.4, 0.5) is 5.95 Å². The number of aromatic nitrogens is 2. The summed E-state index contributed by atoms with van der Waals surface area (Å²) in [7, 11) is 1.62. The summed E-state index contributed by atoms with van der Waals surface area (Å²) in [6.45, 7) is 4.22. The fraction of sp³-hybridized carbons (Fsp3) is 0.636. The molecule has 88 valence electrons. The van der Waals surface area contributed by atoms with Gasteiger partial charge in [-0.1, -0.05) is 22.9 Å². The third-order valence-electron chi connectivity index (χ3n) is 2.91. The summed E-state index contributed by atoms with van der Waals surface area (Å²) >= 11 is 3.69. The molecule has 1 aromatic rings. The number of halogens is 1. The van der Waals surface area contributed by atoms with Crippen LogP contribution in [-0.2, 0) is 0 Å². The zero-order valence-electron chi connectivity index (χ0n) is 9.56. The minimum absolute atomic E-state index is 0.606. The zero-order chi connectivity index (χ0) is 11.5. The summed E-state index contributed by atoms with van der Waals surface area (Å²) in [5.41, 5.74) is 0. The molecular formula is C11H16BrN3O. The van der Waals surface area contributed by atoms with Gasteiger partial charge < -0.3 is 9.64 Å². The molecule has 1 saturated heterocycles. The zero-order valence-corrected chi connectivity index (χ0v) is 11.1. The van der Waals surface area contributed by atoms with E-state index in [0.29, 0.717) is 16.6 Å². The van der Waals surface area contributed by atoms with E-state index in [-0.39, 0.29) is 0 Å². The minimum atomic E-state index is 0.606.